The number of carbonyl (C=O) groups excluding carboxylic acids is 2. The minimum atomic E-state index is -0.326. The van der Waals surface area contributed by atoms with Gasteiger partial charge in [0.2, 0.25) is 6.79 Å². The van der Waals surface area contributed by atoms with Gasteiger partial charge in [0.05, 0.1) is 16.5 Å². The number of fused-ring (bicyclic) bond motifs is 1. The average Bonchev–Trinajstić information content (AvgIpc) is 3.16. The summed E-state index contributed by atoms with van der Waals surface area (Å²) < 4.78 is 10.6. The van der Waals surface area contributed by atoms with E-state index in [0.717, 1.165) is 17.3 Å². The molecule has 1 fully saturated rings. The molecule has 0 radical (unpaired) electrons. The molecule has 2 amide bonds. The number of rotatable bonds is 3. The number of hydrogen-bond donors (Lipinski definition) is 0. The first kappa shape index (κ1) is 16.1. The molecule has 2 aliphatic rings. The van der Waals surface area contributed by atoms with E-state index in [1.165, 1.54) is 4.90 Å². The highest BCUT2D eigenvalue weighted by atomic mass is 35.5. The molecule has 0 bridgehead atoms. The van der Waals surface area contributed by atoms with Gasteiger partial charge in [-0.3, -0.25) is 14.5 Å². The lowest BCUT2D eigenvalue weighted by atomic mass is 10.1. The molecule has 4 rings (SSSR count). The monoisotopic (exact) mass is 373 g/mol. The van der Waals surface area contributed by atoms with E-state index in [1.807, 2.05) is 30.3 Å². The van der Waals surface area contributed by atoms with Gasteiger partial charge in [-0.15, -0.1) is 0 Å². The van der Waals surface area contributed by atoms with Crippen LogP contribution < -0.4 is 9.47 Å². The van der Waals surface area contributed by atoms with Gasteiger partial charge in [-0.2, -0.15) is 0 Å². The average molecular weight is 374 g/mol. The minimum Gasteiger partial charge on any atom is -0.454 e. The van der Waals surface area contributed by atoms with Crippen LogP contribution in [0.2, 0.25) is 5.02 Å². The summed E-state index contributed by atoms with van der Waals surface area (Å²) in [7, 11) is 0. The van der Waals surface area contributed by atoms with Gasteiger partial charge in [-0.1, -0.05) is 41.9 Å². The molecule has 2 heterocycles. The van der Waals surface area contributed by atoms with Crippen molar-refractivity contribution < 1.29 is 19.1 Å². The molecule has 1 saturated heterocycles. The first-order valence-corrected chi connectivity index (χ1v) is 8.70. The maximum Gasteiger partial charge on any atom is 0.293 e. The lowest BCUT2D eigenvalue weighted by Gasteiger charge is -2.12. The van der Waals surface area contributed by atoms with Gasteiger partial charge in [-0.05, 0) is 35.0 Å². The van der Waals surface area contributed by atoms with Crippen molar-refractivity contribution in [2.45, 2.75) is 6.54 Å². The second kappa shape index (κ2) is 6.46. The van der Waals surface area contributed by atoms with Gasteiger partial charge >= 0.3 is 0 Å². The van der Waals surface area contributed by atoms with E-state index in [1.54, 1.807) is 18.2 Å². The molecule has 5 nitrogen and oxygen atoms in total. The van der Waals surface area contributed by atoms with E-state index >= 15 is 0 Å². The molecule has 0 unspecified atom stereocenters. The molecular formula is C18H12ClNO4S. The van der Waals surface area contributed by atoms with Crippen LogP contribution >= 0.6 is 23.4 Å². The Labute approximate surface area is 153 Å². The van der Waals surface area contributed by atoms with Crippen LogP contribution in [0.5, 0.6) is 11.5 Å². The summed E-state index contributed by atoms with van der Waals surface area (Å²) in [6.45, 7) is 0.389. The van der Waals surface area contributed by atoms with E-state index < -0.39 is 0 Å². The van der Waals surface area contributed by atoms with Crippen LogP contribution in [0.15, 0.2) is 47.4 Å². The summed E-state index contributed by atoms with van der Waals surface area (Å²) in [5.74, 6) is 0.811. The number of ether oxygens (including phenoxy) is 2. The molecular weight excluding hydrogens is 362 g/mol. The first-order chi connectivity index (χ1) is 12.1. The predicted octanol–water partition coefficient (Wildman–Crippen LogP) is 4.31. The SMILES string of the molecule is O=C1S/C(=C\c2cc3c(cc2Cl)OCO3)C(=O)N1Cc1ccccc1. The molecule has 0 spiro atoms. The van der Waals surface area contributed by atoms with Gasteiger partial charge in [0.15, 0.2) is 11.5 Å². The van der Waals surface area contributed by atoms with E-state index in [-0.39, 0.29) is 24.5 Å². The number of thioether (sulfide) groups is 1. The van der Waals surface area contributed by atoms with Gasteiger partial charge < -0.3 is 9.47 Å². The third kappa shape index (κ3) is 3.10. The third-order valence-corrected chi connectivity index (χ3v) is 5.07. The summed E-state index contributed by atoms with van der Waals surface area (Å²) in [5.41, 5.74) is 1.50. The van der Waals surface area contributed by atoms with E-state index in [9.17, 15) is 9.59 Å². The second-order valence-electron chi connectivity index (χ2n) is 5.48. The van der Waals surface area contributed by atoms with Crippen LogP contribution in [0.25, 0.3) is 6.08 Å². The lowest BCUT2D eigenvalue weighted by molar-refractivity contribution is -0.123. The van der Waals surface area contributed by atoms with E-state index in [4.69, 9.17) is 21.1 Å². The van der Waals surface area contributed by atoms with Crippen LogP contribution in [-0.2, 0) is 11.3 Å². The minimum absolute atomic E-state index is 0.142. The van der Waals surface area contributed by atoms with Gasteiger partial charge in [0.1, 0.15) is 0 Å². The van der Waals surface area contributed by atoms with Gasteiger partial charge in [0, 0.05) is 6.07 Å². The molecule has 0 N–H and O–H groups in total. The predicted molar refractivity (Wildman–Crippen MR) is 95.5 cm³/mol. The Kier molecular flexibility index (Phi) is 4.15. The van der Waals surface area contributed by atoms with Crippen LogP contribution in [0, 0.1) is 0 Å². The Hall–Kier alpha value is -2.44. The van der Waals surface area contributed by atoms with E-state index in [2.05, 4.69) is 0 Å². The Morgan fingerprint density at radius 2 is 1.84 bits per heavy atom. The third-order valence-electron chi connectivity index (χ3n) is 3.84. The lowest BCUT2D eigenvalue weighted by Crippen LogP contribution is -2.27. The van der Waals surface area contributed by atoms with Crippen LogP contribution in [0.3, 0.4) is 0 Å². The topological polar surface area (TPSA) is 55.8 Å². The molecule has 0 saturated carbocycles. The number of nitrogens with zero attached hydrogens (tertiary/aromatic N) is 1. The van der Waals surface area contributed by atoms with Crippen molar-refractivity contribution in [1.29, 1.82) is 0 Å². The molecule has 0 atom stereocenters. The summed E-state index contributed by atoms with van der Waals surface area (Å²) in [6, 6.07) is 12.7. The van der Waals surface area contributed by atoms with Crippen LogP contribution in [-0.4, -0.2) is 22.8 Å². The quantitative estimate of drug-likeness (QED) is 0.750. The highest BCUT2D eigenvalue weighted by Crippen LogP contribution is 2.40. The maximum atomic E-state index is 12.6. The van der Waals surface area contributed by atoms with Crippen molar-refractivity contribution >= 4 is 40.6 Å². The molecule has 25 heavy (non-hydrogen) atoms. The molecule has 0 aliphatic carbocycles. The number of amides is 2. The Morgan fingerprint density at radius 3 is 2.60 bits per heavy atom. The normalized spacial score (nSPS) is 17.6. The maximum absolute atomic E-state index is 12.6. The zero-order valence-corrected chi connectivity index (χ0v) is 14.5. The van der Waals surface area contributed by atoms with Crippen LogP contribution in [0.1, 0.15) is 11.1 Å². The number of hydrogen-bond acceptors (Lipinski definition) is 5. The smallest absolute Gasteiger partial charge is 0.293 e. The van der Waals surface area contributed by atoms with Gasteiger partial charge in [0.25, 0.3) is 11.1 Å². The molecule has 7 heteroatoms. The summed E-state index contributed by atoms with van der Waals surface area (Å²) in [4.78, 5) is 26.4. The number of halogens is 1. The van der Waals surface area contributed by atoms with E-state index in [0.29, 0.717) is 27.0 Å². The zero-order valence-electron chi connectivity index (χ0n) is 12.9. The number of carbonyl (C=O) groups is 2. The van der Waals surface area contributed by atoms with Crippen molar-refractivity contribution in [3.8, 4) is 11.5 Å². The van der Waals surface area contributed by atoms with Crippen molar-refractivity contribution in [3.63, 3.8) is 0 Å². The molecule has 126 valence electrons. The molecule has 0 aromatic heterocycles. The number of imide groups is 1. The Morgan fingerprint density at radius 1 is 1.12 bits per heavy atom. The van der Waals surface area contributed by atoms with Crippen molar-refractivity contribution in [2.24, 2.45) is 0 Å². The fourth-order valence-electron chi connectivity index (χ4n) is 2.59. The van der Waals surface area contributed by atoms with Crippen molar-refractivity contribution in [2.75, 3.05) is 6.79 Å². The van der Waals surface area contributed by atoms with Crippen molar-refractivity contribution in [1.82, 2.24) is 4.90 Å². The summed E-state index contributed by atoms with van der Waals surface area (Å²) in [5, 5.41) is 0.135. The Bertz CT molecular complexity index is 897. The second-order valence-corrected chi connectivity index (χ2v) is 6.88. The highest BCUT2D eigenvalue weighted by Gasteiger charge is 2.35. The highest BCUT2D eigenvalue weighted by molar-refractivity contribution is 8.18. The van der Waals surface area contributed by atoms with Crippen LogP contribution in [0.4, 0.5) is 4.79 Å². The Balaban J connectivity index is 1.60. The molecule has 2 aromatic carbocycles. The summed E-state index contributed by atoms with van der Waals surface area (Å²) in [6.07, 6.45) is 1.61. The molecule has 2 aliphatic heterocycles. The fraction of sp³-hybridized carbons (Fsp3) is 0.111. The first-order valence-electron chi connectivity index (χ1n) is 7.50. The molecule has 2 aromatic rings. The largest absolute Gasteiger partial charge is 0.454 e. The zero-order chi connectivity index (χ0) is 17.4. The van der Waals surface area contributed by atoms with Gasteiger partial charge in [-0.25, -0.2) is 0 Å². The standard InChI is InChI=1S/C18H12ClNO4S/c19-13-8-15-14(23-10-24-15)6-12(13)7-16-17(21)20(18(22)25-16)9-11-4-2-1-3-5-11/h1-8H,9-10H2/b16-7-. The fourth-order valence-corrected chi connectivity index (χ4v) is 3.62. The van der Waals surface area contributed by atoms with Crippen molar-refractivity contribution in [3.05, 3.63) is 63.5 Å². The number of benzene rings is 2. The summed E-state index contributed by atoms with van der Waals surface area (Å²) >= 11 is 7.14.